The first-order valence-electron chi connectivity index (χ1n) is 7.74. The predicted octanol–water partition coefficient (Wildman–Crippen LogP) is 1.49. The van der Waals surface area contributed by atoms with E-state index in [9.17, 15) is 4.79 Å². The number of rotatable bonds is 1. The van der Waals surface area contributed by atoms with Gasteiger partial charge in [-0.25, -0.2) is 9.78 Å². The maximum Gasteiger partial charge on any atom is 0.410 e. The Morgan fingerprint density at radius 1 is 1.17 bits per heavy atom. The molecule has 2 aromatic rings. The average Bonchev–Trinajstić information content (AvgIpc) is 2.87. The van der Waals surface area contributed by atoms with Gasteiger partial charge in [-0.2, -0.15) is 0 Å². The Hall–Kier alpha value is -2.38. The molecular weight excluding hydrogens is 296 g/mol. The molecule has 0 saturated carbocycles. The van der Waals surface area contributed by atoms with E-state index in [-0.39, 0.29) is 6.09 Å². The third-order valence-corrected chi connectivity index (χ3v) is 3.71. The lowest BCUT2D eigenvalue weighted by Crippen LogP contribution is -2.50. The number of fused-ring (bicyclic) bond motifs is 1. The van der Waals surface area contributed by atoms with Crippen molar-refractivity contribution >= 4 is 17.6 Å². The number of piperazine rings is 1. The van der Waals surface area contributed by atoms with Crippen LogP contribution in [0.25, 0.3) is 5.65 Å². The van der Waals surface area contributed by atoms with Gasteiger partial charge in [-0.15, -0.1) is 10.2 Å². The van der Waals surface area contributed by atoms with Crippen molar-refractivity contribution in [1.29, 1.82) is 0 Å². The van der Waals surface area contributed by atoms with Gasteiger partial charge in [0.25, 0.3) is 0 Å². The standard InChI is InChI=1S/C15H22N6O2/c1-11-17-18-13-12(16-5-6-21(11)13)19-7-9-20(10-8-19)14(22)23-15(2,3)4/h5-6H,7-10H2,1-4H3. The van der Waals surface area contributed by atoms with Crippen LogP contribution < -0.4 is 4.90 Å². The van der Waals surface area contributed by atoms with Gasteiger partial charge in [0.2, 0.25) is 5.65 Å². The molecule has 3 heterocycles. The largest absolute Gasteiger partial charge is 0.444 e. The van der Waals surface area contributed by atoms with Crippen LogP contribution in [0.15, 0.2) is 12.4 Å². The van der Waals surface area contributed by atoms with Gasteiger partial charge in [0.1, 0.15) is 11.4 Å². The number of carbonyl (C=O) groups excluding carboxylic acids is 1. The summed E-state index contributed by atoms with van der Waals surface area (Å²) in [5.41, 5.74) is 0.274. The monoisotopic (exact) mass is 318 g/mol. The number of hydrogen-bond donors (Lipinski definition) is 0. The number of aromatic nitrogens is 4. The van der Waals surface area contributed by atoms with E-state index in [1.165, 1.54) is 0 Å². The zero-order chi connectivity index (χ0) is 16.6. The number of hydrogen-bond acceptors (Lipinski definition) is 6. The molecular formula is C15H22N6O2. The van der Waals surface area contributed by atoms with Gasteiger partial charge in [0, 0.05) is 38.6 Å². The lowest BCUT2D eigenvalue weighted by molar-refractivity contribution is 0.0240. The molecule has 0 bridgehead atoms. The first kappa shape index (κ1) is 15.5. The van der Waals surface area contributed by atoms with Crippen LogP contribution in [-0.2, 0) is 4.74 Å². The van der Waals surface area contributed by atoms with Crippen LogP contribution >= 0.6 is 0 Å². The molecule has 1 aliphatic heterocycles. The van der Waals surface area contributed by atoms with Crippen LogP contribution in [-0.4, -0.2) is 62.4 Å². The van der Waals surface area contributed by atoms with E-state index in [4.69, 9.17) is 4.74 Å². The van der Waals surface area contributed by atoms with Crippen LogP contribution in [0.3, 0.4) is 0 Å². The summed E-state index contributed by atoms with van der Waals surface area (Å²) in [5, 5.41) is 8.30. The van der Waals surface area contributed by atoms with E-state index in [0.29, 0.717) is 26.2 Å². The normalized spacial score (nSPS) is 16.0. The highest BCUT2D eigenvalue weighted by atomic mass is 16.6. The summed E-state index contributed by atoms with van der Waals surface area (Å²) in [6, 6.07) is 0. The smallest absolute Gasteiger partial charge is 0.410 e. The third kappa shape index (κ3) is 3.20. The Kier molecular flexibility index (Phi) is 3.83. The van der Waals surface area contributed by atoms with E-state index in [1.54, 1.807) is 11.1 Å². The van der Waals surface area contributed by atoms with E-state index in [0.717, 1.165) is 17.3 Å². The SMILES string of the molecule is Cc1nnc2c(N3CCN(C(=O)OC(C)(C)C)CC3)nccn12. The second-order valence-electron chi connectivity index (χ2n) is 6.65. The molecule has 0 aliphatic carbocycles. The average molecular weight is 318 g/mol. The summed E-state index contributed by atoms with van der Waals surface area (Å²) in [6.45, 7) is 10.1. The number of nitrogens with zero attached hydrogens (tertiary/aromatic N) is 6. The number of carbonyl (C=O) groups is 1. The van der Waals surface area contributed by atoms with E-state index >= 15 is 0 Å². The van der Waals surface area contributed by atoms with Gasteiger partial charge >= 0.3 is 6.09 Å². The second kappa shape index (κ2) is 5.68. The maximum absolute atomic E-state index is 12.1. The van der Waals surface area contributed by atoms with Crippen LogP contribution in [0.1, 0.15) is 26.6 Å². The molecule has 1 saturated heterocycles. The summed E-state index contributed by atoms with van der Waals surface area (Å²) in [4.78, 5) is 20.4. The molecule has 0 atom stereocenters. The molecule has 8 nitrogen and oxygen atoms in total. The van der Waals surface area contributed by atoms with Crippen molar-refractivity contribution in [1.82, 2.24) is 24.5 Å². The first-order valence-corrected chi connectivity index (χ1v) is 7.74. The van der Waals surface area contributed by atoms with Crippen molar-refractivity contribution in [3.63, 3.8) is 0 Å². The summed E-state index contributed by atoms with van der Waals surface area (Å²) < 4.78 is 7.34. The van der Waals surface area contributed by atoms with Crippen molar-refractivity contribution in [2.24, 2.45) is 0 Å². The number of amides is 1. The molecule has 2 aromatic heterocycles. The number of ether oxygens (including phenoxy) is 1. The van der Waals surface area contributed by atoms with Crippen molar-refractivity contribution in [2.45, 2.75) is 33.3 Å². The summed E-state index contributed by atoms with van der Waals surface area (Å²) >= 11 is 0. The van der Waals surface area contributed by atoms with Crippen molar-refractivity contribution in [3.8, 4) is 0 Å². The van der Waals surface area contributed by atoms with E-state index < -0.39 is 5.60 Å². The number of anilines is 1. The Balaban J connectivity index is 1.70. The summed E-state index contributed by atoms with van der Waals surface area (Å²) in [6.07, 6.45) is 3.34. The van der Waals surface area contributed by atoms with Gasteiger partial charge < -0.3 is 14.5 Å². The Bertz CT molecular complexity index is 712. The zero-order valence-corrected chi connectivity index (χ0v) is 14.0. The van der Waals surface area contributed by atoms with Gasteiger partial charge in [0.15, 0.2) is 5.82 Å². The highest BCUT2D eigenvalue weighted by molar-refractivity contribution is 5.69. The molecule has 0 unspecified atom stereocenters. The molecule has 1 amide bonds. The molecule has 0 N–H and O–H groups in total. The Labute approximate surface area is 135 Å². The second-order valence-corrected chi connectivity index (χ2v) is 6.65. The van der Waals surface area contributed by atoms with Crippen molar-refractivity contribution < 1.29 is 9.53 Å². The fourth-order valence-electron chi connectivity index (χ4n) is 2.58. The molecule has 0 spiro atoms. The van der Waals surface area contributed by atoms with E-state index in [1.807, 2.05) is 38.3 Å². The first-order chi connectivity index (χ1) is 10.8. The van der Waals surface area contributed by atoms with Crippen molar-refractivity contribution in [2.75, 3.05) is 31.1 Å². The van der Waals surface area contributed by atoms with E-state index in [2.05, 4.69) is 20.1 Å². The Morgan fingerprint density at radius 2 is 1.87 bits per heavy atom. The van der Waals surface area contributed by atoms with Crippen LogP contribution in [0.5, 0.6) is 0 Å². The lowest BCUT2D eigenvalue weighted by Gasteiger charge is -2.36. The molecule has 3 rings (SSSR count). The highest BCUT2D eigenvalue weighted by Gasteiger charge is 2.27. The minimum Gasteiger partial charge on any atom is -0.444 e. The molecule has 8 heteroatoms. The fraction of sp³-hybridized carbons (Fsp3) is 0.600. The molecule has 1 aliphatic rings. The highest BCUT2D eigenvalue weighted by Crippen LogP contribution is 2.20. The summed E-state index contributed by atoms with van der Waals surface area (Å²) in [7, 11) is 0. The van der Waals surface area contributed by atoms with Crippen LogP contribution in [0.2, 0.25) is 0 Å². The summed E-state index contributed by atoms with van der Waals surface area (Å²) in [5.74, 6) is 1.63. The zero-order valence-electron chi connectivity index (χ0n) is 14.0. The van der Waals surface area contributed by atoms with Crippen LogP contribution in [0, 0.1) is 6.92 Å². The quantitative estimate of drug-likeness (QED) is 0.793. The third-order valence-electron chi connectivity index (χ3n) is 3.71. The maximum atomic E-state index is 12.1. The Morgan fingerprint density at radius 3 is 2.52 bits per heavy atom. The van der Waals surface area contributed by atoms with Gasteiger partial charge in [-0.3, -0.25) is 4.40 Å². The topological polar surface area (TPSA) is 75.9 Å². The van der Waals surface area contributed by atoms with Gasteiger partial charge in [-0.1, -0.05) is 0 Å². The van der Waals surface area contributed by atoms with Crippen molar-refractivity contribution in [3.05, 3.63) is 18.2 Å². The number of aryl methyl sites for hydroxylation is 1. The van der Waals surface area contributed by atoms with Gasteiger partial charge in [0.05, 0.1) is 0 Å². The molecule has 1 fully saturated rings. The fourth-order valence-corrected chi connectivity index (χ4v) is 2.58. The molecule has 23 heavy (non-hydrogen) atoms. The molecule has 0 aromatic carbocycles. The minimum atomic E-state index is -0.472. The van der Waals surface area contributed by atoms with Gasteiger partial charge in [-0.05, 0) is 27.7 Å². The van der Waals surface area contributed by atoms with Crippen LogP contribution in [0.4, 0.5) is 10.6 Å². The molecule has 124 valence electrons. The lowest BCUT2D eigenvalue weighted by atomic mass is 10.2. The minimum absolute atomic E-state index is 0.262. The predicted molar refractivity (Wildman–Crippen MR) is 85.5 cm³/mol. The molecule has 0 radical (unpaired) electrons.